The molecular weight excluding hydrogens is 432 g/mol. The maximum atomic E-state index is 9.05. The van der Waals surface area contributed by atoms with E-state index in [9.17, 15) is 0 Å². The molecule has 1 N–H and O–H groups in total. The molecule has 0 bridgehead atoms. The van der Waals surface area contributed by atoms with Crippen LogP contribution in [0, 0.1) is 0 Å². The van der Waals surface area contributed by atoms with Crippen molar-refractivity contribution >= 4 is 11.8 Å². The van der Waals surface area contributed by atoms with Crippen molar-refractivity contribution in [3.63, 3.8) is 0 Å². The second-order valence-corrected chi connectivity index (χ2v) is 9.85. The molecule has 6 heteroatoms. The third-order valence-electron chi connectivity index (χ3n) is 5.83. The van der Waals surface area contributed by atoms with Gasteiger partial charge in [-0.05, 0) is 37.0 Å². The number of rotatable bonds is 21. The number of aryl methyl sites for hydroxylation is 1. The minimum atomic E-state index is 0.0800. The number of nitrogens with zero attached hydrogens (tertiary/aromatic N) is 2. The normalized spacial score (nSPS) is 11.2. The van der Waals surface area contributed by atoms with Crippen LogP contribution in [0.4, 0.5) is 0 Å². The highest BCUT2D eigenvalue weighted by Gasteiger charge is 2.06. The van der Waals surface area contributed by atoms with Gasteiger partial charge in [0.2, 0.25) is 5.89 Å². The Morgan fingerprint density at radius 1 is 0.788 bits per heavy atom. The molecule has 33 heavy (non-hydrogen) atoms. The first-order valence-corrected chi connectivity index (χ1v) is 14.1. The fraction of sp³-hybridized carbons (Fsp3) is 0.704. The molecule has 0 spiro atoms. The lowest BCUT2D eigenvalue weighted by atomic mass is 10.1. The second kappa shape index (κ2) is 18.8. The number of aliphatic hydroxyl groups is 1. The lowest BCUT2D eigenvalue weighted by Gasteiger charge is -2.06. The first-order chi connectivity index (χ1) is 16.3. The van der Waals surface area contributed by atoms with E-state index in [-0.39, 0.29) is 6.61 Å². The standard InChI is InChI=1S/C27H44N2O3S/c1-2-3-4-5-12-15-22-33-27-29-28-26(32-27)16-13-10-8-6-7-9-11-14-21-31-25-19-17-24(23-30)18-20-25/h17-20,30H,2-16,21-23H2,1H3. The Bertz CT molecular complexity index is 706. The molecule has 2 rings (SSSR count). The van der Waals surface area contributed by atoms with Gasteiger partial charge in [-0.1, -0.05) is 101 Å². The van der Waals surface area contributed by atoms with E-state index < -0.39 is 0 Å². The van der Waals surface area contributed by atoms with E-state index in [2.05, 4.69) is 17.1 Å². The van der Waals surface area contributed by atoms with E-state index in [0.29, 0.717) is 0 Å². The molecule has 5 nitrogen and oxygen atoms in total. The summed E-state index contributed by atoms with van der Waals surface area (Å²) >= 11 is 1.71. The van der Waals surface area contributed by atoms with Crippen molar-refractivity contribution in [2.75, 3.05) is 12.4 Å². The summed E-state index contributed by atoms with van der Waals surface area (Å²) in [6.45, 7) is 3.10. The van der Waals surface area contributed by atoms with Crippen LogP contribution in [0.2, 0.25) is 0 Å². The van der Waals surface area contributed by atoms with Gasteiger partial charge < -0.3 is 14.3 Å². The maximum Gasteiger partial charge on any atom is 0.276 e. The Morgan fingerprint density at radius 3 is 2.12 bits per heavy atom. The predicted octanol–water partition coefficient (Wildman–Crippen LogP) is 7.76. The minimum Gasteiger partial charge on any atom is -0.494 e. The second-order valence-electron chi connectivity index (χ2n) is 8.81. The molecule has 0 aliphatic rings. The summed E-state index contributed by atoms with van der Waals surface area (Å²) in [6, 6.07) is 7.66. The molecule has 0 radical (unpaired) electrons. The van der Waals surface area contributed by atoms with E-state index in [1.807, 2.05) is 24.3 Å². The van der Waals surface area contributed by atoms with Gasteiger partial charge in [0, 0.05) is 12.2 Å². The number of hydrogen-bond donors (Lipinski definition) is 1. The SMILES string of the molecule is CCCCCCCCSc1nnc(CCCCCCCCCCOc2ccc(CO)cc2)o1. The Morgan fingerprint density at radius 2 is 1.42 bits per heavy atom. The Kier molecular flexibility index (Phi) is 15.8. The Labute approximate surface area is 205 Å². The van der Waals surface area contributed by atoms with Gasteiger partial charge in [-0.15, -0.1) is 10.2 Å². The van der Waals surface area contributed by atoms with Crippen LogP contribution in [-0.4, -0.2) is 27.7 Å². The van der Waals surface area contributed by atoms with Gasteiger partial charge in [-0.25, -0.2) is 0 Å². The lowest BCUT2D eigenvalue weighted by Crippen LogP contribution is -1.97. The van der Waals surface area contributed by atoms with Crippen molar-refractivity contribution in [1.29, 1.82) is 0 Å². The summed E-state index contributed by atoms with van der Waals surface area (Å²) in [5.41, 5.74) is 0.919. The van der Waals surface area contributed by atoms with Gasteiger partial charge in [-0.3, -0.25) is 0 Å². The summed E-state index contributed by atoms with van der Waals surface area (Å²) < 4.78 is 11.5. The number of thioether (sulfide) groups is 1. The van der Waals surface area contributed by atoms with Crippen molar-refractivity contribution < 1.29 is 14.3 Å². The highest BCUT2D eigenvalue weighted by atomic mass is 32.2. The molecule has 0 unspecified atom stereocenters. The first-order valence-electron chi connectivity index (χ1n) is 13.1. The quantitative estimate of drug-likeness (QED) is 0.147. The van der Waals surface area contributed by atoms with Gasteiger partial charge >= 0.3 is 0 Å². The minimum absolute atomic E-state index is 0.0800. The molecule has 1 aromatic carbocycles. The highest BCUT2D eigenvalue weighted by molar-refractivity contribution is 7.99. The highest BCUT2D eigenvalue weighted by Crippen LogP contribution is 2.20. The zero-order valence-electron chi connectivity index (χ0n) is 20.6. The molecule has 1 heterocycles. The van der Waals surface area contributed by atoms with Gasteiger partial charge in [0.1, 0.15) is 5.75 Å². The zero-order chi connectivity index (χ0) is 23.4. The predicted molar refractivity (Wildman–Crippen MR) is 137 cm³/mol. The summed E-state index contributed by atoms with van der Waals surface area (Å²) in [5, 5.41) is 18.2. The molecule has 186 valence electrons. The smallest absolute Gasteiger partial charge is 0.276 e. The number of aromatic nitrogens is 2. The molecule has 0 saturated heterocycles. The Hall–Kier alpha value is -1.53. The third-order valence-corrected chi connectivity index (χ3v) is 6.74. The molecule has 0 saturated carbocycles. The van der Waals surface area contributed by atoms with Crippen LogP contribution in [-0.2, 0) is 13.0 Å². The molecule has 2 aromatic rings. The average Bonchev–Trinajstić information content (AvgIpc) is 3.30. The van der Waals surface area contributed by atoms with Gasteiger partial charge in [-0.2, -0.15) is 0 Å². The van der Waals surface area contributed by atoms with Gasteiger partial charge in [0.05, 0.1) is 13.2 Å². The van der Waals surface area contributed by atoms with Crippen LogP contribution in [0.15, 0.2) is 33.9 Å². The van der Waals surface area contributed by atoms with Crippen molar-refractivity contribution in [2.24, 2.45) is 0 Å². The maximum absolute atomic E-state index is 9.05. The Balaban J connectivity index is 1.36. The zero-order valence-corrected chi connectivity index (χ0v) is 21.4. The average molecular weight is 477 g/mol. The monoisotopic (exact) mass is 476 g/mol. The summed E-state index contributed by atoms with van der Waals surface area (Å²) in [7, 11) is 0. The van der Waals surface area contributed by atoms with E-state index >= 15 is 0 Å². The summed E-state index contributed by atoms with van der Waals surface area (Å²) in [4.78, 5) is 0. The largest absolute Gasteiger partial charge is 0.494 e. The number of ether oxygens (including phenoxy) is 1. The van der Waals surface area contributed by atoms with Gasteiger partial charge in [0.15, 0.2) is 0 Å². The van der Waals surface area contributed by atoms with Crippen molar-refractivity contribution in [1.82, 2.24) is 10.2 Å². The number of unbranched alkanes of at least 4 members (excludes halogenated alkanes) is 12. The molecule has 0 fully saturated rings. The van der Waals surface area contributed by atoms with E-state index in [1.54, 1.807) is 11.8 Å². The van der Waals surface area contributed by atoms with E-state index in [1.165, 1.54) is 77.0 Å². The first kappa shape index (κ1) is 27.7. The van der Waals surface area contributed by atoms with Crippen molar-refractivity contribution in [2.45, 2.75) is 115 Å². The molecule has 1 aromatic heterocycles. The molecule has 0 amide bonds. The topological polar surface area (TPSA) is 68.4 Å². The van der Waals surface area contributed by atoms with Crippen LogP contribution in [0.3, 0.4) is 0 Å². The fourth-order valence-corrected chi connectivity index (χ4v) is 4.54. The fourth-order valence-electron chi connectivity index (χ4n) is 3.76. The number of benzene rings is 1. The van der Waals surface area contributed by atoms with E-state index in [0.717, 1.165) is 54.0 Å². The van der Waals surface area contributed by atoms with Crippen LogP contribution in [0.1, 0.15) is 108 Å². The van der Waals surface area contributed by atoms with Crippen LogP contribution >= 0.6 is 11.8 Å². The number of hydrogen-bond acceptors (Lipinski definition) is 6. The van der Waals surface area contributed by atoms with Crippen molar-refractivity contribution in [3.05, 3.63) is 35.7 Å². The van der Waals surface area contributed by atoms with Crippen LogP contribution in [0.25, 0.3) is 0 Å². The van der Waals surface area contributed by atoms with Crippen molar-refractivity contribution in [3.8, 4) is 5.75 Å². The van der Waals surface area contributed by atoms with Crippen LogP contribution < -0.4 is 4.74 Å². The third kappa shape index (κ3) is 13.7. The molecular formula is C27H44N2O3S. The lowest BCUT2D eigenvalue weighted by molar-refractivity contribution is 0.281. The van der Waals surface area contributed by atoms with Crippen LogP contribution in [0.5, 0.6) is 5.75 Å². The van der Waals surface area contributed by atoms with E-state index in [4.69, 9.17) is 14.3 Å². The summed E-state index contributed by atoms with van der Waals surface area (Å²) in [5.74, 6) is 2.76. The molecule has 0 atom stereocenters. The molecule has 0 aliphatic heterocycles. The summed E-state index contributed by atoms with van der Waals surface area (Å²) in [6.07, 6.45) is 18.6. The molecule has 0 aliphatic carbocycles. The number of aliphatic hydroxyl groups excluding tert-OH is 1. The van der Waals surface area contributed by atoms with Gasteiger partial charge in [0.25, 0.3) is 5.22 Å².